The van der Waals surface area contributed by atoms with E-state index in [1.807, 2.05) is 42.6 Å². The van der Waals surface area contributed by atoms with Gasteiger partial charge in [0.15, 0.2) is 5.65 Å². The van der Waals surface area contributed by atoms with E-state index in [1.165, 1.54) is 4.90 Å². The molecule has 158 valence electrons. The van der Waals surface area contributed by atoms with E-state index < -0.39 is 0 Å². The van der Waals surface area contributed by atoms with Crippen LogP contribution in [0.3, 0.4) is 0 Å². The molecule has 0 bridgehead atoms. The van der Waals surface area contributed by atoms with Gasteiger partial charge in [-0.2, -0.15) is 5.10 Å². The van der Waals surface area contributed by atoms with E-state index in [2.05, 4.69) is 10.4 Å². The molecular formula is C24H25N5O2. The zero-order valence-electron chi connectivity index (χ0n) is 18.1. The Balaban J connectivity index is 1.48. The van der Waals surface area contributed by atoms with Gasteiger partial charge in [-0.25, -0.2) is 9.50 Å². The molecule has 4 aromatic rings. The molecule has 2 amide bonds. The van der Waals surface area contributed by atoms with Crippen LogP contribution in [0.5, 0.6) is 0 Å². The first-order valence-corrected chi connectivity index (χ1v) is 10.2. The van der Waals surface area contributed by atoms with Gasteiger partial charge in [0.1, 0.15) is 0 Å². The van der Waals surface area contributed by atoms with Gasteiger partial charge >= 0.3 is 0 Å². The fourth-order valence-electron chi connectivity index (χ4n) is 3.75. The highest BCUT2D eigenvalue weighted by Crippen LogP contribution is 2.23. The third kappa shape index (κ3) is 3.99. The first-order chi connectivity index (χ1) is 14.8. The quantitative estimate of drug-likeness (QED) is 0.538. The van der Waals surface area contributed by atoms with Crippen molar-refractivity contribution in [1.29, 1.82) is 0 Å². The summed E-state index contributed by atoms with van der Waals surface area (Å²) in [6, 6.07) is 14.9. The van der Waals surface area contributed by atoms with E-state index in [4.69, 9.17) is 4.98 Å². The van der Waals surface area contributed by atoms with Gasteiger partial charge < -0.3 is 10.2 Å². The number of aromatic nitrogens is 3. The van der Waals surface area contributed by atoms with Gasteiger partial charge in [-0.3, -0.25) is 9.59 Å². The normalized spacial score (nSPS) is 11.1. The predicted octanol–water partition coefficient (Wildman–Crippen LogP) is 3.77. The van der Waals surface area contributed by atoms with Gasteiger partial charge in [-0.15, -0.1) is 0 Å². The van der Waals surface area contributed by atoms with E-state index >= 15 is 0 Å². The number of anilines is 1. The summed E-state index contributed by atoms with van der Waals surface area (Å²) in [7, 11) is 3.42. The topological polar surface area (TPSA) is 79.6 Å². The van der Waals surface area contributed by atoms with Crippen LogP contribution >= 0.6 is 0 Å². The zero-order chi connectivity index (χ0) is 22.1. The fourth-order valence-corrected chi connectivity index (χ4v) is 3.75. The summed E-state index contributed by atoms with van der Waals surface area (Å²) in [6.07, 6.45) is 0.897. The van der Waals surface area contributed by atoms with Gasteiger partial charge in [0.05, 0.1) is 5.52 Å². The molecule has 2 heterocycles. The lowest BCUT2D eigenvalue weighted by Gasteiger charge is -2.12. The summed E-state index contributed by atoms with van der Waals surface area (Å²) in [5.41, 5.74) is 5.94. The number of benzene rings is 2. The van der Waals surface area contributed by atoms with Gasteiger partial charge in [0, 0.05) is 48.5 Å². The number of nitrogens with one attached hydrogen (secondary N) is 1. The Labute approximate surface area is 180 Å². The average molecular weight is 415 g/mol. The van der Waals surface area contributed by atoms with Crippen molar-refractivity contribution in [2.24, 2.45) is 0 Å². The molecule has 0 radical (unpaired) electrons. The number of fused-ring (bicyclic) bond motifs is 3. The molecule has 2 aromatic carbocycles. The molecule has 0 aliphatic carbocycles. The molecule has 4 rings (SSSR count). The largest absolute Gasteiger partial charge is 0.345 e. The van der Waals surface area contributed by atoms with Gasteiger partial charge in [-0.1, -0.05) is 12.1 Å². The Morgan fingerprint density at radius 3 is 2.45 bits per heavy atom. The van der Waals surface area contributed by atoms with E-state index in [0.717, 1.165) is 33.5 Å². The number of hydrogen-bond acceptors (Lipinski definition) is 4. The predicted molar refractivity (Wildman–Crippen MR) is 121 cm³/mol. The number of carbonyl (C=O) groups is 2. The maximum absolute atomic E-state index is 12.5. The van der Waals surface area contributed by atoms with Crippen molar-refractivity contribution in [3.8, 4) is 0 Å². The smallest absolute Gasteiger partial charge is 0.253 e. The lowest BCUT2D eigenvalue weighted by Crippen LogP contribution is -2.21. The number of nitrogens with zero attached hydrogens (tertiary/aromatic N) is 4. The Morgan fingerprint density at radius 1 is 1.03 bits per heavy atom. The minimum atomic E-state index is -0.0868. The van der Waals surface area contributed by atoms with Crippen LogP contribution in [0.4, 0.5) is 5.69 Å². The van der Waals surface area contributed by atoms with E-state index in [1.54, 1.807) is 38.4 Å². The molecule has 0 unspecified atom stereocenters. The molecule has 31 heavy (non-hydrogen) atoms. The number of hydrogen-bond donors (Lipinski definition) is 1. The third-order valence-electron chi connectivity index (χ3n) is 5.44. The van der Waals surface area contributed by atoms with Crippen LogP contribution in [-0.4, -0.2) is 45.4 Å². The maximum Gasteiger partial charge on any atom is 0.253 e. The monoisotopic (exact) mass is 415 g/mol. The standard InChI is InChI=1S/C24H25N5O2/c1-15-19(16(2)29-23(25-15)20-7-5-6-8-21(20)27-29)13-14-22(30)26-18-11-9-17(10-12-18)24(31)28(3)4/h5-12H,13-14H2,1-4H3,(H,26,30). The van der Waals surface area contributed by atoms with Gasteiger partial charge in [-0.05, 0) is 62.2 Å². The number of carbonyl (C=O) groups excluding carboxylic acids is 2. The molecule has 7 heteroatoms. The molecule has 2 aromatic heterocycles. The zero-order valence-corrected chi connectivity index (χ0v) is 18.1. The minimum absolute atomic E-state index is 0.0713. The molecule has 7 nitrogen and oxygen atoms in total. The molecule has 0 fully saturated rings. The van der Waals surface area contributed by atoms with Gasteiger partial charge in [0.25, 0.3) is 5.91 Å². The van der Waals surface area contributed by atoms with Crippen LogP contribution in [0.1, 0.15) is 33.7 Å². The number of amides is 2. The summed E-state index contributed by atoms with van der Waals surface area (Å²) in [5, 5.41) is 8.59. The van der Waals surface area contributed by atoms with Crippen molar-refractivity contribution in [2.75, 3.05) is 19.4 Å². The molecule has 0 aliphatic rings. The SMILES string of the molecule is Cc1nc2c3ccccc3nn2c(C)c1CCC(=O)Nc1ccc(C(=O)N(C)C)cc1. The van der Waals surface area contributed by atoms with Crippen molar-refractivity contribution in [2.45, 2.75) is 26.7 Å². The highest BCUT2D eigenvalue weighted by atomic mass is 16.2. The summed E-state index contributed by atoms with van der Waals surface area (Å²) in [4.78, 5) is 30.8. The molecule has 0 saturated carbocycles. The Kier molecular flexibility index (Phi) is 5.42. The lowest BCUT2D eigenvalue weighted by atomic mass is 10.1. The van der Waals surface area contributed by atoms with Crippen LogP contribution < -0.4 is 5.32 Å². The highest BCUT2D eigenvalue weighted by Gasteiger charge is 2.15. The molecule has 0 atom stereocenters. The van der Waals surface area contributed by atoms with Crippen LogP contribution in [0.15, 0.2) is 48.5 Å². The summed E-state index contributed by atoms with van der Waals surface area (Å²) in [5.74, 6) is -0.158. The van der Waals surface area contributed by atoms with E-state index in [-0.39, 0.29) is 11.8 Å². The highest BCUT2D eigenvalue weighted by molar-refractivity contribution is 5.95. The first-order valence-electron chi connectivity index (χ1n) is 10.2. The summed E-state index contributed by atoms with van der Waals surface area (Å²) < 4.78 is 1.87. The molecule has 0 saturated heterocycles. The fraction of sp³-hybridized carbons (Fsp3) is 0.250. The second kappa shape index (κ2) is 8.18. The lowest BCUT2D eigenvalue weighted by molar-refractivity contribution is -0.116. The van der Waals surface area contributed by atoms with Crippen LogP contribution in [0.2, 0.25) is 0 Å². The van der Waals surface area contributed by atoms with Gasteiger partial charge in [0.2, 0.25) is 5.91 Å². The van der Waals surface area contributed by atoms with E-state index in [0.29, 0.717) is 24.1 Å². The Morgan fingerprint density at radius 2 is 1.74 bits per heavy atom. The first kappa shape index (κ1) is 20.5. The summed E-state index contributed by atoms with van der Waals surface area (Å²) >= 11 is 0. The van der Waals surface area contributed by atoms with Crippen LogP contribution in [0.25, 0.3) is 16.6 Å². The maximum atomic E-state index is 12.5. The van der Waals surface area contributed by atoms with Crippen molar-refractivity contribution in [1.82, 2.24) is 19.5 Å². The molecule has 0 aliphatic heterocycles. The minimum Gasteiger partial charge on any atom is -0.345 e. The molecule has 1 N–H and O–H groups in total. The average Bonchev–Trinajstić information content (AvgIpc) is 3.12. The Hall–Kier alpha value is -3.74. The number of aryl methyl sites for hydroxylation is 2. The van der Waals surface area contributed by atoms with Crippen molar-refractivity contribution in [3.05, 3.63) is 71.0 Å². The summed E-state index contributed by atoms with van der Waals surface area (Å²) in [6.45, 7) is 3.99. The second-order valence-electron chi connectivity index (χ2n) is 7.84. The Bertz CT molecular complexity index is 1290. The van der Waals surface area contributed by atoms with Crippen LogP contribution in [0, 0.1) is 13.8 Å². The van der Waals surface area contributed by atoms with Crippen molar-refractivity contribution < 1.29 is 9.59 Å². The van der Waals surface area contributed by atoms with Crippen molar-refractivity contribution in [3.63, 3.8) is 0 Å². The van der Waals surface area contributed by atoms with Crippen LogP contribution in [-0.2, 0) is 11.2 Å². The van der Waals surface area contributed by atoms with Crippen molar-refractivity contribution >= 4 is 34.1 Å². The molecular weight excluding hydrogens is 390 g/mol. The second-order valence-corrected chi connectivity index (χ2v) is 7.84. The van der Waals surface area contributed by atoms with E-state index in [9.17, 15) is 9.59 Å². The number of rotatable bonds is 5. The molecule has 0 spiro atoms. The third-order valence-corrected chi connectivity index (χ3v) is 5.44.